The molecular weight excluding hydrogens is 226 g/mol. The van der Waals surface area contributed by atoms with Gasteiger partial charge in [0.1, 0.15) is 0 Å². The van der Waals surface area contributed by atoms with Crippen LogP contribution in [0.25, 0.3) is 0 Å². The fraction of sp³-hybridized carbons (Fsp3) is 1.00. The summed E-state index contributed by atoms with van der Waals surface area (Å²) in [6.45, 7) is 12.2. The minimum absolute atomic E-state index is 0.257. The molecule has 0 amide bonds. The van der Waals surface area contributed by atoms with Gasteiger partial charge in [0.15, 0.2) is 0 Å². The van der Waals surface area contributed by atoms with Gasteiger partial charge >= 0.3 is 0 Å². The van der Waals surface area contributed by atoms with Gasteiger partial charge in [0, 0.05) is 44.8 Å². The Balaban J connectivity index is 1.83. The lowest BCUT2D eigenvalue weighted by molar-refractivity contribution is -0.0282. The van der Waals surface area contributed by atoms with Gasteiger partial charge < -0.3 is 10.8 Å². The third-order valence-electron chi connectivity index (χ3n) is 4.51. The number of rotatable bonds is 4. The van der Waals surface area contributed by atoms with Crippen LogP contribution in [0.15, 0.2) is 0 Å². The van der Waals surface area contributed by atoms with Crippen LogP contribution in [0.5, 0.6) is 0 Å². The normalized spacial score (nSPS) is 27.2. The second kappa shape index (κ2) is 5.08. The molecule has 1 aliphatic heterocycles. The first kappa shape index (κ1) is 14.3. The Bertz CT molecular complexity index is 277. The van der Waals surface area contributed by atoms with Crippen molar-refractivity contribution in [1.82, 2.24) is 9.80 Å². The van der Waals surface area contributed by atoms with Crippen molar-refractivity contribution in [1.29, 1.82) is 0 Å². The van der Waals surface area contributed by atoms with Gasteiger partial charge in [-0.2, -0.15) is 0 Å². The lowest BCUT2D eigenvalue weighted by Gasteiger charge is -2.44. The monoisotopic (exact) mass is 255 g/mol. The molecule has 1 saturated heterocycles. The van der Waals surface area contributed by atoms with Crippen LogP contribution in [0, 0.1) is 5.92 Å². The van der Waals surface area contributed by atoms with Crippen molar-refractivity contribution in [3.05, 3.63) is 0 Å². The standard InChI is InChI=1S/C14H29N3O/c1-13(2,3)17-8-6-16(7-9-17)11-14(18,10-15)12-4-5-12/h12,18H,4-11,15H2,1-3H3. The zero-order valence-corrected chi connectivity index (χ0v) is 12.2. The molecule has 4 heteroatoms. The van der Waals surface area contributed by atoms with Gasteiger partial charge in [-0.05, 0) is 39.5 Å². The maximum absolute atomic E-state index is 10.6. The molecule has 1 unspecified atom stereocenters. The molecule has 2 aliphatic rings. The van der Waals surface area contributed by atoms with Crippen LogP contribution in [-0.2, 0) is 0 Å². The molecule has 0 spiro atoms. The zero-order chi connectivity index (χ0) is 13.4. The molecule has 4 nitrogen and oxygen atoms in total. The smallest absolute Gasteiger partial charge is 0.0923 e. The topological polar surface area (TPSA) is 52.7 Å². The van der Waals surface area contributed by atoms with Crippen LogP contribution in [-0.4, -0.2) is 65.3 Å². The average molecular weight is 255 g/mol. The van der Waals surface area contributed by atoms with E-state index >= 15 is 0 Å². The number of hydrogen-bond donors (Lipinski definition) is 2. The number of nitrogens with two attached hydrogens (primary N) is 1. The summed E-state index contributed by atoms with van der Waals surface area (Å²) >= 11 is 0. The Morgan fingerprint density at radius 1 is 1.11 bits per heavy atom. The van der Waals surface area contributed by atoms with Crippen molar-refractivity contribution in [3.63, 3.8) is 0 Å². The van der Waals surface area contributed by atoms with Crippen LogP contribution in [0.4, 0.5) is 0 Å². The summed E-state index contributed by atoms with van der Waals surface area (Å²) in [4.78, 5) is 4.90. The van der Waals surface area contributed by atoms with E-state index in [1.807, 2.05) is 0 Å². The molecule has 18 heavy (non-hydrogen) atoms. The van der Waals surface area contributed by atoms with Crippen molar-refractivity contribution in [2.75, 3.05) is 39.3 Å². The predicted octanol–water partition coefficient (Wildman–Crippen LogP) is 0.502. The Morgan fingerprint density at radius 3 is 2.06 bits per heavy atom. The number of hydrogen-bond acceptors (Lipinski definition) is 4. The largest absolute Gasteiger partial charge is 0.387 e. The second-order valence-electron chi connectivity index (χ2n) is 7.02. The van der Waals surface area contributed by atoms with Crippen LogP contribution in [0.2, 0.25) is 0 Å². The second-order valence-corrected chi connectivity index (χ2v) is 7.02. The van der Waals surface area contributed by atoms with Gasteiger partial charge in [-0.15, -0.1) is 0 Å². The summed E-state index contributed by atoms with van der Waals surface area (Å²) in [5.74, 6) is 0.447. The zero-order valence-electron chi connectivity index (χ0n) is 12.2. The summed E-state index contributed by atoms with van der Waals surface area (Å²) in [5, 5.41) is 10.6. The molecule has 1 heterocycles. The highest BCUT2D eigenvalue weighted by Gasteiger charge is 2.44. The molecule has 0 aromatic carbocycles. The third-order valence-corrected chi connectivity index (χ3v) is 4.51. The lowest BCUT2D eigenvalue weighted by Crippen LogP contribution is -2.58. The Hall–Kier alpha value is -0.160. The first-order chi connectivity index (χ1) is 8.35. The van der Waals surface area contributed by atoms with Crippen molar-refractivity contribution >= 4 is 0 Å². The maximum Gasteiger partial charge on any atom is 0.0923 e. The lowest BCUT2D eigenvalue weighted by atomic mass is 9.96. The average Bonchev–Trinajstić information content (AvgIpc) is 3.12. The van der Waals surface area contributed by atoms with Gasteiger partial charge in [0.25, 0.3) is 0 Å². The molecule has 106 valence electrons. The number of piperazine rings is 1. The van der Waals surface area contributed by atoms with E-state index in [9.17, 15) is 5.11 Å². The fourth-order valence-electron chi connectivity index (χ4n) is 2.95. The molecular formula is C14H29N3O. The van der Waals surface area contributed by atoms with E-state index < -0.39 is 5.60 Å². The van der Waals surface area contributed by atoms with Gasteiger partial charge in [0.2, 0.25) is 0 Å². The molecule has 2 rings (SSSR count). The van der Waals surface area contributed by atoms with Gasteiger partial charge in [-0.1, -0.05) is 0 Å². The molecule has 3 N–H and O–H groups in total. The van der Waals surface area contributed by atoms with E-state index in [2.05, 4.69) is 30.6 Å². The van der Waals surface area contributed by atoms with E-state index in [1.54, 1.807) is 0 Å². The van der Waals surface area contributed by atoms with Crippen LogP contribution in [0.3, 0.4) is 0 Å². The first-order valence-corrected chi connectivity index (χ1v) is 7.25. The summed E-state index contributed by atoms with van der Waals surface area (Å²) in [6.07, 6.45) is 2.30. The van der Waals surface area contributed by atoms with Crippen molar-refractivity contribution in [2.24, 2.45) is 11.7 Å². The van der Waals surface area contributed by atoms with Gasteiger partial charge in [-0.25, -0.2) is 0 Å². The molecule has 0 aromatic rings. The van der Waals surface area contributed by atoms with E-state index in [0.717, 1.165) is 45.6 Å². The number of β-amino-alcohol motifs (C(OH)–C–C–N with tert-alkyl or cyclic N) is 1. The van der Waals surface area contributed by atoms with Crippen LogP contribution < -0.4 is 5.73 Å². The highest BCUT2D eigenvalue weighted by molar-refractivity contribution is 4.98. The fourth-order valence-corrected chi connectivity index (χ4v) is 2.95. The van der Waals surface area contributed by atoms with E-state index in [0.29, 0.717) is 12.5 Å². The SMILES string of the molecule is CC(C)(C)N1CCN(CC(O)(CN)C2CC2)CC1. The first-order valence-electron chi connectivity index (χ1n) is 7.25. The van der Waals surface area contributed by atoms with Gasteiger partial charge in [0.05, 0.1) is 5.60 Å². The summed E-state index contributed by atoms with van der Waals surface area (Å²) in [7, 11) is 0. The highest BCUT2D eigenvalue weighted by Crippen LogP contribution is 2.39. The molecule has 1 saturated carbocycles. The van der Waals surface area contributed by atoms with Crippen molar-refractivity contribution in [2.45, 2.75) is 44.8 Å². The molecule has 0 bridgehead atoms. The molecule has 2 fully saturated rings. The summed E-state index contributed by atoms with van der Waals surface area (Å²) in [6, 6.07) is 0. The highest BCUT2D eigenvalue weighted by atomic mass is 16.3. The van der Waals surface area contributed by atoms with Crippen molar-refractivity contribution < 1.29 is 5.11 Å². The minimum Gasteiger partial charge on any atom is -0.387 e. The van der Waals surface area contributed by atoms with E-state index in [-0.39, 0.29) is 5.54 Å². The summed E-state index contributed by atoms with van der Waals surface area (Å²) < 4.78 is 0. The Morgan fingerprint density at radius 2 is 1.67 bits per heavy atom. The molecule has 1 atom stereocenters. The number of nitrogens with zero attached hydrogens (tertiary/aromatic N) is 2. The maximum atomic E-state index is 10.6. The van der Waals surface area contributed by atoms with E-state index in [4.69, 9.17) is 5.73 Å². The third kappa shape index (κ3) is 3.23. The van der Waals surface area contributed by atoms with Gasteiger partial charge in [-0.3, -0.25) is 9.80 Å². The van der Waals surface area contributed by atoms with E-state index in [1.165, 1.54) is 0 Å². The van der Waals surface area contributed by atoms with Crippen LogP contribution in [0.1, 0.15) is 33.6 Å². The summed E-state index contributed by atoms with van der Waals surface area (Å²) in [5.41, 5.74) is 5.40. The van der Waals surface area contributed by atoms with Crippen LogP contribution >= 0.6 is 0 Å². The quantitative estimate of drug-likeness (QED) is 0.768. The predicted molar refractivity (Wildman–Crippen MR) is 74.5 cm³/mol. The Labute approximate surface area is 111 Å². The molecule has 0 radical (unpaired) electrons. The van der Waals surface area contributed by atoms with Crippen molar-refractivity contribution in [3.8, 4) is 0 Å². The Kier molecular flexibility index (Phi) is 4.02. The molecule has 0 aromatic heterocycles. The minimum atomic E-state index is -0.635. The molecule has 1 aliphatic carbocycles. The number of aliphatic hydroxyl groups is 1.